The SMILES string of the molecule is C=Cc1ccc(C(OC(c2ccc(C=C)nc2)[Si](c2ccccc2)(c2ccccc2)C(C)(C)C)[Si](c2ccccc2)(c2ccccc2)C(C)(C)C)cn1. The molecule has 0 aliphatic carbocycles. The van der Waals surface area contributed by atoms with Crippen LogP contribution in [0.4, 0.5) is 0 Å². The molecular formula is C48H52N2OSi2. The Balaban J connectivity index is 1.79. The third-order valence-electron chi connectivity index (χ3n) is 11.0. The van der Waals surface area contributed by atoms with Crippen molar-refractivity contribution in [2.24, 2.45) is 0 Å². The summed E-state index contributed by atoms with van der Waals surface area (Å²) >= 11 is 0. The fourth-order valence-corrected chi connectivity index (χ4v) is 20.6. The Bertz CT molecular complexity index is 1850. The van der Waals surface area contributed by atoms with Crippen molar-refractivity contribution in [1.29, 1.82) is 0 Å². The molecule has 0 spiro atoms. The highest BCUT2D eigenvalue weighted by Gasteiger charge is 2.60. The fraction of sp³-hybridized carbons (Fsp3) is 0.208. The summed E-state index contributed by atoms with van der Waals surface area (Å²) in [5.41, 5.74) is 3.08. The molecule has 268 valence electrons. The maximum atomic E-state index is 8.36. The van der Waals surface area contributed by atoms with E-state index in [1.54, 1.807) is 12.2 Å². The number of hydrogen-bond donors (Lipinski definition) is 0. The van der Waals surface area contributed by atoms with Crippen molar-refractivity contribution in [3.8, 4) is 0 Å². The lowest BCUT2D eigenvalue weighted by atomic mass is 10.2. The number of rotatable bonds is 12. The predicted octanol–water partition coefficient (Wildman–Crippen LogP) is 9.77. The summed E-state index contributed by atoms with van der Waals surface area (Å²) in [6.07, 6.45) is 7.67. The summed E-state index contributed by atoms with van der Waals surface area (Å²) in [5.74, 6) is 0. The van der Waals surface area contributed by atoms with E-state index in [2.05, 4.69) is 200 Å². The van der Waals surface area contributed by atoms with Crippen LogP contribution in [0.3, 0.4) is 0 Å². The van der Waals surface area contributed by atoms with Gasteiger partial charge < -0.3 is 4.74 Å². The van der Waals surface area contributed by atoms with Gasteiger partial charge in [-0.25, -0.2) is 0 Å². The molecule has 0 saturated carbocycles. The second-order valence-corrected chi connectivity index (χ2v) is 25.5. The third kappa shape index (κ3) is 6.97. The standard InChI is InChI=1S/C48H52N2OSi2/c1-9-39-33-31-37(35-49-39)45(52(47(3,4)5,41-23-15-11-16-24-41)42-25-17-12-18-26-42)51-46(38-32-34-40(10-2)50-36-38)53(48(6,7)8,43-27-19-13-20-28-43)44-29-21-14-22-30-44/h9-36,45-46H,1-2H2,3-8H3. The first kappa shape index (κ1) is 37.8. The van der Waals surface area contributed by atoms with Gasteiger partial charge in [-0.3, -0.25) is 9.97 Å². The van der Waals surface area contributed by atoms with Crippen molar-refractivity contribution in [2.45, 2.75) is 63.1 Å². The number of ether oxygens (including phenoxy) is 1. The van der Waals surface area contributed by atoms with Crippen LogP contribution in [-0.4, -0.2) is 26.1 Å². The molecule has 0 fully saturated rings. The van der Waals surface area contributed by atoms with Crippen molar-refractivity contribution in [2.75, 3.05) is 0 Å². The summed E-state index contributed by atoms with van der Waals surface area (Å²) in [4.78, 5) is 9.89. The van der Waals surface area contributed by atoms with Gasteiger partial charge in [-0.2, -0.15) is 0 Å². The molecule has 6 rings (SSSR count). The highest BCUT2D eigenvalue weighted by molar-refractivity contribution is 7.06. The van der Waals surface area contributed by atoms with Gasteiger partial charge in [-0.15, -0.1) is 0 Å². The first-order chi connectivity index (χ1) is 25.5. The Morgan fingerprint density at radius 2 is 0.736 bits per heavy atom. The summed E-state index contributed by atoms with van der Waals surface area (Å²) in [5, 5.41) is 4.85. The average molecular weight is 729 g/mol. The third-order valence-corrected chi connectivity index (χ3v) is 23.2. The van der Waals surface area contributed by atoms with Crippen LogP contribution in [0, 0.1) is 0 Å². The summed E-state index contributed by atoms with van der Waals surface area (Å²) in [6, 6.07) is 53.1. The summed E-state index contributed by atoms with van der Waals surface area (Å²) < 4.78 is 8.36. The highest BCUT2D eigenvalue weighted by Crippen LogP contribution is 2.51. The molecule has 3 nitrogen and oxygen atoms in total. The predicted molar refractivity (Wildman–Crippen MR) is 230 cm³/mol. The lowest BCUT2D eigenvalue weighted by Crippen LogP contribution is -2.72. The molecule has 2 heterocycles. The van der Waals surface area contributed by atoms with Crippen molar-refractivity contribution >= 4 is 49.0 Å². The van der Waals surface area contributed by atoms with Gasteiger partial charge in [0.2, 0.25) is 0 Å². The lowest BCUT2D eigenvalue weighted by Gasteiger charge is -2.54. The molecule has 53 heavy (non-hydrogen) atoms. The molecular weight excluding hydrogens is 677 g/mol. The number of aromatic nitrogens is 2. The highest BCUT2D eigenvalue weighted by atomic mass is 28.3. The molecule has 2 unspecified atom stereocenters. The molecule has 0 amide bonds. The van der Waals surface area contributed by atoms with Crippen LogP contribution in [0.25, 0.3) is 12.2 Å². The Labute approximate surface area is 319 Å². The van der Waals surface area contributed by atoms with Crippen LogP contribution in [-0.2, 0) is 4.74 Å². The van der Waals surface area contributed by atoms with E-state index < -0.39 is 16.1 Å². The number of benzene rings is 4. The maximum Gasteiger partial charge on any atom is 0.159 e. The van der Waals surface area contributed by atoms with E-state index in [9.17, 15) is 0 Å². The van der Waals surface area contributed by atoms with Crippen LogP contribution < -0.4 is 20.7 Å². The second-order valence-electron chi connectivity index (χ2n) is 15.9. The van der Waals surface area contributed by atoms with Gasteiger partial charge >= 0.3 is 0 Å². The van der Waals surface area contributed by atoms with Crippen LogP contribution in [0.5, 0.6) is 0 Å². The topological polar surface area (TPSA) is 35.0 Å². The summed E-state index contributed by atoms with van der Waals surface area (Å²) in [6.45, 7) is 22.5. The zero-order valence-corrected chi connectivity index (χ0v) is 34.0. The van der Waals surface area contributed by atoms with Crippen molar-refractivity contribution in [3.63, 3.8) is 0 Å². The molecule has 2 aromatic heterocycles. The minimum Gasteiger partial charge on any atom is -0.371 e. The molecule has 0 aliphatic heterocycles. The van der Waals surface area contributed by atoms with Gasteiger partial charge in [-0.05, 0) is 45.5 Å². The molecule has 5 heteroatoms. The van der Waals surface area contributed by atoms with E-state index in [1.807, 2.05) is 12.4 Å². The number of hydrogen-bond acceptors (Lipinski definition) is 3. The fourth-order valence-electron chi connectivity index (χ4n) is 8.64. The van der Waals surface area contributed by atoms with Crippen LogP contribution in [0.15, 0.2) is 171 Å². The molecule has 6 aromatic rings. The van der Waals surface area contributed by atoms with Gasteiger partial charge in [0, 0.05) is 12.4 Å². The van der Waals surface area contributed by atoms with E-state index in [4.69, 9.17) is 14.7 Å². The van der Waals surface area contributed by atoms with E-state index in [0.29, 0.717) is 0 Å². The molecule has 2 atom stereocenters. The minimum absolute atomic E-state index is 0.210. The Morgan fingerprint density at radius 3 is 0.943 bits per heavy atom. The van der Waals surface area contributed by atoms with E-state index >= 15 is 0 Å². The number of pyridine rings is 2. The zero-order valence-electron chi connectivity index (χ0n) is 32.0. The van der Waals surface area contributed by atoms with E-state index in [1.165, 1.54) is 20.7 Å². The largest absolute Gasteiger partial charge is 0.371 e. The van der Waals surface area contributed by atoms with E-state index in [0.717, 1.165) is 22.5 Å². The Hall–Kier alpha value is -4.95. The van der Waals surface area contributed by atoms with Crippen molar-refractivity contribution in [3.05, 3.63) is 194 Å². The smallest absolute Gasteiger partial charge is 0.159 e. The van der Waals surface area contributed by atoms with Gasteiger partial charge in [0.05, 0.1) is 22.8 Å². The monoisotopic (exact) mass is 728 g/mol. The second kappa shape index (κ2) is 15.6. The first-order valence-corrected chi connectivity index (χ1v) is 22.7. The molecule has 0 bridgehead atoms. The Kier molecular flexibility index (Phi) is 11.1. The Morgan fingerprint density at radius 1 is 0.453 bits per heavy atom. The van der Waals surface area contributed by atoms with Gasteiger partial charge in [0.15, 0.2) is 16.1 Å². The molecule has 0 radical (unpaired) electrons. The van der Waals surface area contributed by atoms with Crippen LogP contribution in [0.1, 0.15) is 75.5 Å². The van der Waals surface area contributed by atoms with Gasteiger partial charge in [-0.1, -0.05) is 209 Å². The minimum atomic E-state index is -3.00. The van der Waals surface area contributed by atoms with Crippen LogP contribution in [0.2, 0.25) is 10.1 Å². The van der Waals surface area contributed by atoms with Crippen LogP contribution >= 0.6 is 0 Å². The van der Waals surface area contributed by atoms with E-state index in [-0.39, 0.29) is 21.5 Å². The average Bonchev–Trinajstić information content (AvgIpc) is 3.18. The molecule has 0 saturated heterocycles. The zero-order chi connectivity index (χ0) is 37.7. The summed E-state index contributed by atoms with van der Waals surface area (Å²) in [7, 11) is -6.01. The molecule has 4 aromatic carbocycles. The quantitative estimate of drug-likeness (QED) is 0.118. The van der Waals surface area contributed by atoms with Gasteiger partial charge in [0.25, 0.3) is 0 Å². The first-order valence-electron chi connectivity index (χ1n) is 18.5. The normalized spacial score (nSPS) is 13.5. The lowest BCUT2D eigenvalue weighted by molar-refractivity contribution is 0.0644. The molecule has 0 N–H and O–H groups in total. The van der Waals surface area contributed by atoms with Gasteiger partial charge in [0.1, 0.15) is 0 Å². The number of nitrogens with zero attached hydrogens (tertiary/aromatic N) is 2. The van der Waals surface area contributed by atoms with Crippen molar-refractivity contribution in [1.82, 2.24) is 9.97 Å². The molecule has 0 aliphatic rings. The maximum absolute atomic E-state index is 8.36. The van der Waals surface area contributed by atoms with Crippen molar-refractivity contribution < 1.29 is 4.74 Å².